The first kappa shape index (κ1) is 20.9. The van der Waals surface area contributed by atoms with Crippen molar-refractivity contribution in [3.63, 3.8) is 0 Å². The van der Waals surface area contributed by atoms with Gasteiger partial charge in [0.05, 0.1) is 18.2 Å². The minimum absolute atomic E-state index is 0.0657. The number of anilines is 1. The first-order valence-electron chi connectivity index (χ1n) is 10.0. The summed E-state index contributed by atoms with van der Waals surface area (Å²) in [5.41, 5.74) is 3.11. The highest BCUT2D eigenvalue weighted by atomic mass is 32.1. The lowest BCUT2D eigenvalue weighted by molar-refractivity contribution is -0.132. The quantitative estimate of drug-likeness (QED) is 0.339. The number of ketones is 1. The second-order valence-electron chi connectivity index (χ2n) is 7.41. The number of nitrogens with zero attached hydrogens (tertiary/aromatic N) is 1. The Morgan fingerprint density at radius 1 is 1.13 bits per heavy atom. The fourth-order valence-electron chi connectivity index (χ4n) is 3.86. The van der Waals surface area contributed by atoms with E-state index in [0.717, 1.165) is 22.4 Å². The van der Waals surface area contributed by atoms with Gasteiger partial charge in [-0.25, -0.2) is 0 Å². The van der Waals surface area contributed by atoms with Crippen LogP contribution in [0.25, 0.3) is 5.76 Å². The SMILES string of the molecule is CCc1ccc(N2C(=O)C(=O)/C(=C(\O)c3cc(C)ccc3OC)C2c2cccs2)cc1. The second-order valence-corrected chi connectivity index (χ2v) is 8.39. The molecule has 1 N–H and O–H groups in total. The van der Waals surface area contributed by atoms with Gasteiger partial charge in [0.25, 0.3) is 11.7 Å². The summed E-state index contributed by atoms with van der Waals surface area (Å²) < 4.78 is 5.40. The fourth-order valence-corrected chi connectivity index (χ4v) is 4.68. The molecule has 2 heterocycles. The molecule has 1 unspecified atom stereocenters. The number of ether oxygens (including phenoxy) is 1. The molecule has 158 valence electrons. The molecule has 3 aromatic rings. The van der Waals surface area contributed by atoms with Crippen molar-refractivity contribution < 1.29 is 19.4 Å². The maximum Gasteiger partial charge on any atom is 0.300 e. The highest BCUT2D eigenvalue weighted by Crippen LogP contribution is 2.44. The van der Waals surface area contributed by atoms with E-state index in [1.165, 1.54) is 23.3 Å². The molecule has 4 rings (SSSR count). The van der Waals surface area contributed by atoms with E-state index in [-0.39, 0.29) is 11.3 Å². The summed E-state index contributed by atoms with van der Waals surface area (Å²) >= 11 is 1.44. The lowest BCUT2D eigenvalue weighted by Crippen LogP contribution is -2.29. The number of benzene rings is 2. The van der Waals surface area contributed by atoms with Gasteiger partial charge in [-0.05, 0) is 54.6 Å². The zero-order valence-corrected chi connectivity index (χ0v) is 18.4. The van der Waals surface area contributed by atoms with Gasteiger partial charge in [0.1, 0.15) is 17.6 Å². The fraction of sp³-hybridized carbons (Fsp3) is 0.200. The van der Waals surface area contributed by atoms with Crippen molar-refractivity contribution in [3.8, 4) is 5.75 Å². The van der Waals surface area contributed by atoms with E-state index in [1.54, 1.807) is 12.1 Å². The Hall–Kier alpha value is -3.38. The Bertz CT molecular complexity index is 1160. The number of hydrogen-bond acceptors (Lipinski definition) is 5. The molecule has 1 saturated heterocycles. The molecule has 0 saturated carbocycles. The third kappa shape index (κ3) is 3.64. The van der Waals surface area contributed by atoms with Crippen LogP contribution in [0.1, 0.15) is 34.5 Å². The number of aliphatic hydroxyl groups is 1. The Morgan fingerprint density at radius 2 is 1.87 bits per heavy atom. The summed E-state index contributed by atoms with van der Waals surface area (Å²) in [6.07, 6.45) is 0.876. The normalized spacial score (nSPS) is 17.9. The minimum Gasteiger partial charge on any atom is -0.507 e. The van der Waals surface area contributed by atoms with E-state index in [2.05, 4.69) is 6.92 Å². The van der Waals surface area contributed by atoms with Crippen molar-refractivity contribution in [1.82, 2.24) is 0 Å². The number of carbonyl (C=O) groups excluding carboxylic acids is 2. The number of methoxy groups -OCH3 is 1. The first-order valence-corrected chi connectivity index (χ1v) is 10.9. The molecule has 31 heavy (non-hydrogen) atoms. The summed E-state index contributed by atoms with van der Waals surface area (Å²) in [4.78, 5) is 28.6. The molecule has 5 nitrogen and oxygen atoms in total. The van der Waals surface area contributed by atoms with E-state index >= 15 is 0 Å². The number of carbonyl (C=O) groups is 2. The van der Waals surface area contributed by atoms with Gasteiger partial charge < -0.3 is 9.84 Å². The van der Waals surface area contributed by atoms with Gasteiger partial charge in [-0.15, -0.1) is 11.3 Å². The highest BCUT2D eigenvalue weighted by molar-refractivity contribution is 7.10. The molecule has 6 heteroatoms. The van der Waals surface area contributed by atoms with Crippen molar-refractivity contribution in [2.75, 3.05) is 12.0 Å². The number of amides is 1. The number of hydrogen-bond donors (Lipinski definition) is 1. The Balaban J connectivity index is 1.93. The highest BCUT2D eigenvalue weighted by Gasteiger charge is 2.47. The monoisotopic (exact) mass is 433 g/mol. The molecule has 0 radical (unpaired) electrons. The molecular weight excluding hydrogens is 410 g/mol. The standard InChI is InChI=1S/C25H23NO4S/c1-4-16-8-10-17(11-9-16)26-22(20-6-5-13-31-20)21(24(28)25(26)29)23(27)18-14-15(2)7-12-19(18)30-3/h5-14,22,27H,4H2,1-3H3/b23-21-. The molecule has 1 aromatic heterocycles. The molecule has 1 atom stereocenters. The predicted octanol–water partition coefficient (Wildman–Crippen LogP) is 5.25. The van der Waals surface area contributed by atoms with Crippen molar-refractivity contribution in [2.45, 2.75) is 26.3 Å². The van der Waals surface area contributed by atoms with Crippen molar-refractivity contribution in [1.29, 1.82) is 0 Å². The van der Waals surface area contributed by atoms with Crippen LogP contribution in [-0.2, 0) is 16.0 Å². The average Bonchev–Trinajstić information content (AvgIpc) is 3.40. The number of aliphatic hydroxyl groups excluding tert-OH is 1. The van der Waals surface area contributed by atoms with Crippen molar-refractivity contribution in [3.05, 3.63) is 87.1 Å². The summed E-state index contributed by atoms with van der Waals surface area (Å²) in [5, 5.41) is 13.2. The molecule has 0 aliphatic carbocycles. The van der Waals surface area contributed by atoms with Crippen LogP contribution in [-0.4, -0.2) is 23.9 Å². The molecule has 2 aromatic carbocycles. The van der Waals surface area contributed by atoms with Gasteiger partial charge in [0.2, 0.25) is 0 Å². The van der Waals surface area contributed by atoms with E-state index in [1.807, 2.05) is 54.8 Å². The number of Topliss-reactive ketones (excluding diaryl/α,β-unsaturated/α-hetero) is 1. The molecule has 0 spiro atoms. The zero-order valence-electron chi connectivity index (χ0n) is 17.6. The zero-order chi connectivity index (χ0) is 22.1. The number of rotatable bonds is 5. The van der Waals surface area contributed by atoms with Gasteiger partial charge in [-0.2, -0.15) is 0 Å². The smallest absolute Gasteiger partial charge is 0.300 e. The van der Waals surface area contributed by atoms with Crippen LogP contribution in [0, 0.1) is 6.92 Å². The largest absolute Gasteiger partial charge is 0.507 e. The van der Waals surface area contributed by atoms with Gasteiger partial charge >= 0.3 is 0 Å². The van der Waals surface area contributed by atoms with E-state index in [0.29, 0.717) is 17.0 Å². The lowest BCUT2D eigenvalue weighted by Gasteiger charge is -2.24. The van der Waals surface area contributed by atoms with Gasteiger partial charge in [0.15, 0.2) is 0 Å². The maximum absolute atomic E-state index is 13.2. The van der Waals surface area contributed by atoms with Crippen LogP contribution in [0.3, 0.4) is 0 Å². The minimum atomic E-state index is -0.710. The molecule has 1 aliphatic rings. The summed E-state index contributed by atoms with van der Waals surface area (Å²) in [5.74, 6) is -1.16. The van der Waals surface area contributed by atoms with Gasteiger partial charge in [-0.1, -0.05) is 36.8 Å². The Kier molecular flexibility index (Phi) is 5.65. The molecule has 1 aliphatic heterocycles. The van der Waals surface area contributed by atoms with E-state index in [4.69, 9.17) is 4.74 Å². The molecule has 1 amide bonds. The summed E-state index contributed by atoms with van der Waals surface area (Å²) in [6.45, 7) is 3.95. The van der Waals surface area contributed by atoms with Gasteiger partial charge in [-0.3, -0.25) is 14.5 Å². The Labute approximate surface area is 185 Å². The third-order valence-corrected chi connectivity index (χ3v) is 6.41. The third-order valence-electron chi connectivity index (χ3n) is 5.49. The first-order chi connectivity index (χ1) is 15.0. The number of aryl methyl sites for hydroxylation is 2. The van der Waals surface area contributed by atoms with Crippen LogP contribution >= 0.6 is 11.3 Å². The summed E-state index contributed by atoms with van der Waals surface area (Å²) in [6, 6.07) is 16.0. The number of thiophene rings is 1. The van der Waals surface area contributed by atoms with Gasteiger partial charge in [0, 0.05) is 10.6 Å². The van der Waals surface area contributed by atoms with Crippen LogP contribution < -0.4 is 9.64 Å². The average molecular weight is 434 g/mol. The second kappa shape index (κ2) is 8.40. The van der Waals surface area contributed by atoms with Crippen LogP contribution in [0.15, 0.2) is 65.6 Å². The van der Waals surface area contributed by atoms with Crippen LogP contribution in [0.2, 0.25) is 0 Å². The Morgan fingerprint density at radius 3 is 2.48 bits per heavy atom. The van der Waals surface area contributed by atoms with E-state index in [9.17, 15) is 14.7 Å². The van der Waals surface area contributed by atoms with Crippen LogP contribution in [0.4, 0.5) is 5.69 Å². The van der Waals surface area contributed by atoms with Crippen LogP contribution in [0.5, 0.6) is 5.75 Å². The maximum atomic E-state index is 13.2. The predicted molar refractivity (Wildman–Crippen MR) is 123 cm³/mol. The van der Waals surface area contributed by atoms with E-state index < -0.39 is 17.7 Å². The molecular formula is C25H23NO4S. The van der Waals surface area contributed by atoms with Crippen molar-refractivity contribution >= 4 is 34.5 Å². The topological polar surface area (TPSA) is 66.8 Å². The molecule has 1 fully saturated rings. The summed E-state index contributed by atoms with van der Waals surface area (Å²) in [7, 11) is 1.51. The van der Waals surface area contributed by atoms with Crippen molar-refractivity contribution in [2.24, 2.45) is 0 Å². The lowest BCUT2D eigenvalue weighted by atomic mass is 9.98. The molecule has 0 bridgehead atoms.